The van der Waals surface area contributed by atoms with Crippen molar-refractivity contribution in [1.29, 1.82) is 0 Å². The first-order valence-corrected chi connectivity index (χ1v) is 6.71. The van der Waals surface area contributed by atoms with Crippen LogP contribution in [-0.4, -0.2) is 17.4 Å². The first-order chi connectivity index (χ1) is 9.13. The predicted octanol–water partition coefficient (Wildman–Crippen LogP) is 3.55. The van der Waals surface area contributed by atoms with Gasteiger partial charge in [-0.15, -0.1) is 0 Å². The molecule has 4 nitrogen and oxygen atoms in total. The molecular formula is C13H11BrClN3O. The molecule has 6 heteroatoms. The molecule has 0 aliphatic carbocycles. The van der Waals surface area contributed by atoms with Crippen LogP contribution in [0.3, 0.4) is 0 Å². The molecule has 1 amide bonds. The van der Waals surface area contributed by atoms with Gasteiger partial charge < -0.3 is 10.6 Å². The minimum atomic E-state index is -0.129. The molecule has 0 aliphatic rings. The lowest BCUT2D eigenvalue weighted by molar-refractivity contribution is -0.114. The number of carbonyl (C=O) groups is 1. The van der Waals surface area contributed by atoms with Crippen LogP contribution >= 0.6 is 27.5 Å². The van der Waals surface area contributed by atoms with E-state index in [0.717, 1.165) is 15.8 Å². The molecule has 2 N–H and O–H groups in total. The minimum Gasteiger partial charge on any atom is -0.376 e. The lowest BCUT2D eigenvalue weighted by Gasteiger charge is -2.07. The summed E-state index contributed by atoms with van der Waals surface area (Å²) in [5.41, 5.74) is 1.51. The average Bonchev–Trinajstić information content (AvgIpc) is 2.39. The zero-order valence-electron chi connectivity index (χ0n) is 9.86. The van der Waals surface area contributed by atoms with Crippen molar-refractivity contribution in [3.8, 4) is 0 Å². The Bertz CT molecular complexity index is 574. The summed E-state index contributed by atoms with van der Waals surface area (Å²) in [6.45, 7) is 0.163. The van der Waals surface area contributed by atoms with E-state index in [9.17, 15) is 4.79 Å². The molecule has 0 radical (unpaired) electrons. The van der Waals surface area contributed by atoms with Crippen LogP contribution in [0.4, 0.5) is 11.4 Å². The maximum absolute atomic E-state index is 11.7. The van der Waals surface area contributed by atoms with E-state index in [4.69, 9.17) is 11.6 Å². The quantitative estimate of drug-likeness (QED) is 0.837. The lowest BCUT2D eigenvalue weighted by Crippen LogP contribution is -2.21. The van der Waals surface area contributed by atoms with Gasteiger partial charge in [0.15, 0.2) is 0 Å². The van der Waals surface area contributed by atoms with Crippen molar-refractivity contribution in [3.63, 3.8) is 0 Å². The number of amides is 1. The van der Waals surface area contributed by atoms with Crippen LogP contribution in [-0.2, 0) is 4.79 Å². The zero-order valence-corrected chi connectivity index (χ0v) is 12.2. The maximum Gasteiger partial charge on any atom is 0.243 e. The first kappa shape index (κ1) is 13.8. The molecule has 2 aromatic rings. The summed E-state index contributed by atoms with van der Waals surface area (Å²) in [5, 5.41) is 6.14. The van der Waals surface area contributed by atoms with Crippen LogP contribution in [0.15, 0.2) is 47.1 Å². The Kier molecular flexibility index (Phi) is 4.76. The number of carbonyl (C=O) groups excluding carboxylic acids is 1. The standard InChI is InChI=1S/C13H11BrClN3O/c14-9-1-3-10(4-2-9)18-13(19)8-17-11-5-6-16-12(15)7-11/h1-7H,8H2,(H,16,17)(H,18,19). The van der Waals surface area contributed by atoms with Crippen molar-refractivity contribution in [3.05, 3.63) is 52.2 Å². The summed E-state index contributed by atoms with van der Waals surface area (Å²) in [4.78, 5) is 15.6. The number of nitrogens with zero attached hydrogens (tertiary/aromatic N) is 1. The predicted molar refractivity (Wildman–Crippen MR) is 80.5 cm³/mol. The summed E-state index contributed by atoms with van der Waals surface area (Å²) in [5.74, 6) is -0.129. The van der Waals surface area contributed by atoms with E-state index >= 15 is 0 Å². The highest BCUT2D eigenvalue weighted by Crippen LogP contribution is 2.14. The second kappa shape index (κ2) is 6.54. The fourth-order valence-corrected chi connectivity index (χ4v) is 1.87. The molecule has 0 unspecified atom stereocenters. The first-order valence-electron chi connectivity index (χ1n) is 5.54. The zero-order chi connectivity index (χ0) is 13.7. The number of hydrogen-bond acceptors (Lipinski definition) is 3. The van der Waals surface area contributed by atoms with E-state index in [1.807, 2.05) is 24.3 Å². The molecule has 0 aliphatic heterocycles. The van der Waals surface area contributed by atoms with Crippen molar-refractivity contribution in [2.75, 3.05) is 17.2 Å². The third kappa shape index (κ3) is 4.54. The average molecular weight is 341 g/mol. The fourth-order valence-electron chi connectivity index (χ4n) is 1.43. The number of benzene rings is 1. The van der Waals surface area contributed by atoms with Crippen molar-refractivity contribution in [2.45, 2.75) is 0 Å². The smallest absolute Gasteiger partial charge is 0.243 e. The van der Waals surface area contributed by atoms with Gasteiger partial charge in [0.25, 0.3) is 0 Å². The fraction of sp³-hybridized carbons (Fsp3) is 0.0769. The van der Waals surface area contributed by atoms with Crippen LogP contribution in [0.1, 0.15) is 0 Å². The third-order valence-electron chi connectivity index (χ3n) is 2.31. The summed E-state index contributed by atoms with van der Waals surface area (Å²) < 4.78 is 0.968. The molecule has 0 spiro atoms. The molecule has 1 aromatic heterocycles. The number of hydrogen-bond donors (Lipinski definition) is 2. The normalized spacial score (nSPS) is 10.0. The van der Waals surface area contributed by atoms with Gasteiger partial charge in [0, 0.05) is 22.0 Å². The monoisotopic (exact) mass is 339 g/mol. The molecular weight excluding hydrogens is 330 g/mol. The molecule has 19 heavy (non-hydrogen) atoms. The maximum atomic E-state index is 11.7. The van der Waals surface area contributed by atoms with E-state index in [1.165, 1.54) is 0 Å². The molecule has 0 saturated carbocycles. The highest BCUT2D eigenvalue weighted by Gasteiger charge is 2.02. The molecule has 0 bridgehead atoms. The van der Waals surface area contributed by atoms with Crippen molar-refractivity contribution in [2.24, 2.45) is 0 Å². The number of anilines is 2. The Labute approximate surface area is 124 Å². The van der Waals surface area contributed by atoms with Gasteiger partial charge in [-0.25, -0.2) is 4.98 Å². The highest BCUT2D eigenvalue weighted by atomic mass is 79.9. The third-order valence-corrected chi connectivity index (χ3v) is 3.04. The van der Waals surface area contributed by atoms with Crippen molar-refractivity contribution < 1.29 is 4.79 Å². The second-order valence-corrected chi connectivity index (χ2v) is 5.08. The second-order valence-electron chi connectivity index (χ2n) is 3.78. The minimum absolute atomic E-state index is 0.129. The van der Waals surface area contributed by atoms with Gasteiger partial charge in [-0.05, 0) is 36.4 Å². The van der Waals surface area contributed by atoms with E-state index < -0.39 is 0 Å². The summed E-state index contributed by atoms with van der Waals surface area (Å²) >= 11 is 9.08. The van der Waals surface area contributed by atoms with E-state index in [1.54, 1.807) is 18.3 Å². The number of rotatable bonds is 4. The molecule has 0 fully saturated rings. The molecule has 1 heterocycles. The number of nitrogens with one attached hydrogen (secondary N) is 2. The van der Waals surface area contributed by atoms with Gasteiger partial charge in [-0.3, -0.25) is 4.79 Å². The van der Waals surface area contributed by atoms with Gasteiger partial charge in [0.1, 0.15) is 5.15 Å². The topological polar surface area (TPSA) is 54.0 Å². The van der Waals surface area contributed by atoms with Gasteiger partial charge in [-0.2, -0.15) is 0 Å². The van der Waals surface area contributed by atoms with Crippen molar-refractivity contribution in [1.82, 2.24) is 4.98 Å². The van der Waals surface area contributed by atoms with E-state index in [-0.39, 0.29) is 12.5 Å². The Hall–Kier alpha value is -1.59. The van der Waals surface area contributed by atoms with Crippen LogP contribution in [0.25, 0.3) is 0 Å². The lowest BCUT2D eigenvalue weighted by atomic mass is 10.3. The van der Waals surface area contributed by atoms with Crippen LogP contribution in [0.2, 0.25) is 5.15 Å². The molecule has 0 atom stereocenters. The van der Waals surface area contributed by atoms with Crippen LogP contribution in [0, 0.1) is 0 Å². The van der Waals surface area contributed by atoms with Crippen LogP contribution in [0.5, 0.6) is 0 Å². The number of halogens is 2. The van der Waals surface area contributed by atoms with Crippen LogP contribution < -0.4 is 10.6 Å². The largest absolute Gasteiger partial charge is 0.376 e. The summed E-state index contributed by atoms with van der Waals surface area (Å²) in [7, 11) is 0. The number of aromatic nitrogens is 1. The Balaban J connectivity index is 1.86. The molecule has 1 aromatic carbocycles. The highest BCUT2D eigenvalue weighted by molar-refractivity contribution is 9.10. The molecule has 2 rings (SSSR count). The van der Waals surface area contributed by atoms with E-state index in [2.05, 4.69) is 31.5 Å². The summed E-state index contributed by atoms with van der Waals surface area (Å²) in [6, 6.07) is 10.8. The van der Waals surface area contributed by atoms with Gasteiger partial charge in [0.2, 0.25) is 5.91 Å². The van der Waals surface area contributed by atoms with Crippen molar-refractivity contribution >= 4 is 44.8 Å². The Morgan fingerprint density at radius 2 is 1.95 bits per heavy atom. The Morgan fingerprint density at radius 3 is 2.63 bits per heavy atom. The molecule has 0 saturated heterocycles. The SMILES string of the molecule is O=C(CNc1ccnc(Cl)c1)Nc1ccc(Br)cc1. The Morgan fingerprint density at radius 1 is 1.21 bits per heavy atom. The van der Waals surface area contributed by atoms with Gasteiger partial charge in [-0.1, -0.05) is 27.5 Å². The molecule has 98 valence electrons. The van der Waals surface area contributed by atoms with E-state index in [0.29, 0.717) is 5.15 Å². The van der Waals surface area contributed by atoms with Gasteiger partial charge >= 0.3 is 0 Å². The number of pyridine rings is 1. The van der Waals surface area contributed by atoms with Gasteiger partial charge in [0.05, 0.1) is 6.54 Å². The summed E-state index contributed by atoms with van der Waals surface area (Å²) in [6.07, 6.45) is 1.58.